The van der Waals surface area contributed by atoms with Crippen molar-refractivity contribution < 1.29 is 0 Å². The molecule has 0 spiro atoms. The summed E-state index contributed by atoms with van der Waals surface area (Å²) < 4.78 is 1.69. The highest BCUT2D eigenvalue weighted by molar-refractivity contribution is 4.94. The molecular formula is C5H9N3. The average Bonchev–Trinajstić information content (AvgIpc) is 2.14. The lowest BCUT2D eigenvalue weighted by atomic mass is 10.5. The number of hydrogen-bond donors (Lipinski definition) is 1. The molecule has 3 heteroatoms. The van der Waals surface area contributed by atoms with Crippen LogP contribution in [0.5, 0.6) is 0 Å². The number of nitrogens with zero attached hydrogens (tertiary/aromatic N) is 2. The molecule has 1 heterocycles. The summed E-state index contributed by atoms with van der Waals surface area (Å²) in [5, 5.41) is 4.02. The molecule has 0 aliphatic heterocycles. The fourth-order valence-corrected chi connectivity index (χ4v) is 0.565. The quantitative estimate of drug-likeness (QED) is 0.559. The predicted molar refractivity (Wildman–Crippen MR) is 31.2 cm³/mol. The number of aryl methyl sites for hydroxylation is 1. The van der Waals surface area contributed by atoms with E-state index in [-0.39, 0.29) is 0 Å². The molecule has 8 heavy (non-hydrogen) atoms. The molecule has 44 valence electrons. The first-order chi connectivity index (χ1) is 3.83. The van der Waals surface area contributed by atoms with Crippen molar-refractivity contribution in [3.8, 4) is 0 Å². The standard InChI is InChI=1S/C5H9N3/c1-5-2-3-8(4-6)7-5/h2-3H,4,6H2,1H3. The monoisotopic (exact) mass is 111 g/mol. The van der Waals surface area contributed by atoms with Gasteiger partial charge in [-0.1, -0.05) is 0 Å². The van der Waals surface area contributed by atoms with Gasteiger partial charge in [0, 0.05) is 6.20 Å². The Hall–Kier alpha value is -0.830. The molecule has 3 nitrogen and oxygen atoms in total. The lowest BCUT2D eigenvalue weighted by Gasteiger charge is -1.89. The minimum Gasteiger partial charge on any atom is -0.312 e. The van der Waals surface area contributed by atoms with E-state index in [4.69, 9.17) is 5.73 Å². The van der Waals surface area contributed by atoms with Crippen LogP contribution in [0, 0.1) is 6.92 Å². The van der Waals surface area contributed by atoms with Gasteiger partial charge in [0.25, 0.3) is 0 Å². The fourth-order valence-electron chi connectivity index (χ4n) is 0.565. The topological polar surface area (TPSA) is 43.8 Å². The summed E-state index contributed by atoms with van der Waals surface area (Å²) in [6.45, 7) is 2.40. The molecule has 0 bridgehead atoms. The van der Waals surface area contributed by atoms with Crippen molar-refractivity contribution in [2.24, 2.45) is 5.73 Å². The Kier molecular flexibility index (Phi) is 1.30. The van der Waals surface area contributed by atoms with Crippen LogP contribution in [0.2, 0.25) is 0 Å². The second-order valence-corrected chi connectivity index (χ2v) is 1.68. The zero-order valence-corrected chi connectivity index (χ0v) is 4.83. The smallest absolute Gasteiger partial charge is 0.0878 e. The van der Waals surface area contributed by atoms with E-state index in [0.29, 0.717) is 6.67 Å². The van der Waals surface area contributed by atoms with Crippen molar-refractivity contribution >= 4 is 0 Å². The third-order valence-corrected chi connectivity index (χ3v) is 0.961. The first kappa shape index (κ1) is 5.31. The van der Waals surface area contributed by atoms with Crippen molar-refractivity contribution in [1.82, 2.24) is 9.78 Å². The predicted octanol–water partition coefficient (Wildman–Crippen LogP) is 0.108. The van der Waals surface area contributed by atoms with E-state index in [1.54, 1.807) is 4.68 Å². The number of rotatable bonds is 1. The van der Waals surface area contributed by atoms with Crippen LogP contribution in [-0.2, 0) is 6.67 Å². The van der Waals surface area contributed by atoms with Gasteiger partial charge in [0.2, 0.25) is 0 Å². The summed E-state index contributed by atoms with van der Waals surface area (Å²) in [4.78, 5) is 0. The van der Waals surface area contributed by atoms with E-state index in [0.717, 1.165) is 5.69 Å². The van der Waals surface area contributed by atoms with Gasteiger partial charge in [0.05, 0.1) is 12.4 Å². The molecule has 1 rings (SSSR count). The van der Waals surface area contributed by atoms with Gasteiger partial charge >= 0.3 is 0 Å². The van der Waals surface area contributed by atoms with Gasteiger partial charge in [-0.25, -0.2) is 0 Å². The van der Waals surface area contributed by atoms with E-state index in [1.165, 1.54) is 0 Å². The largest absolute Gasteiger partial charge is 0.312 e. The second-order valence-electron chi connectivity index (χ2n) is 1.68. The Morgan fingerprint density at radius 3 is 2.88 bits per heavy atom. The Labute approximate surface area is 48.1 Å². The van der Waals surface area contributed by atoms with E-state index >= 15 is 0 Å². The van der Waals surface area contributed by atoms with Crippen molar-refractivity contribution in [1.29, 1.82) is 0 Å². The first-order valence-electron chi connectivity index (χ1n) is 2.53. The normalized spacial score (nSPS) is 9.75. The molecule has 0 radical (unpaired) electrons. The minimum absolute atomic E-state index is 0.466. The highest BCUT2D eigenvalue weighted by Gasteiger charge is 1.86. The lowest BCUT2D eigenvalue weighted by Crippen LogP contribution is -2.06. The molecule has 0 unspecified atom stereocenters. The van der Waals surface area contributed by atoms with E-state index < -0.39 is 0 Å². The van der Waals surface area contributed by atoms with Crippen LogP contribution in [-0.4, -0.2) is 9.78 Å². The molecule has 0 aliphatic rings. The van der Waals surface area contributed by atoms with Crippen molar-refractivity contribution in [2.75, 3.05) is 0 Å². The van der Waals surface area contributed by atoms with Gasteiger partial charge in [0.1, 0.15) is 0 Å². The molecule has 2 N–H and O–H groups in total. The SMILES string of the molecule is Cc1ccn(CN)n1. The van der Waals surface area contributed by atoms with Crippen LogP contribution in [0.1, 0.15) is 5.69 Å². The summed E-state index contributed by atoms with van der Waals surface area (Å²) in [6.07, 6.45) is 1.86. The van der Waals surface area contributed by atoms with Gasteiger partial charge in [-0.3, -0.25) is 4.68 Å². The Bertz CT molecular complexity index is 168. The summed E-state index contributed by atoms with van der Waals surface area (Å²) in [5.74, 6) is 0. The van der Waals surface area contributed by atoms with Crippen LogP contribution >= 0.6 is 0 Å². The number of aromatic nitrogens is 2. The number of nitrogens with two attached hydrogens (primary N) is 1. The maximum absolute atomic E-state index is 5.26. The molecule has 1 aromatic rings. The zero-order chi connectivity index (χ0) is 5.98. The van der Waals surface area contributed by atoms with Gasteiger partial charge < -0.3 is 5.73 Å². The molecule has 0 atom stereocenters. The Balaban J connectivity index is 2.84. The van der Waals surface area contributed by atoms with Gasteiger partial charge in [-0.2, -0.15) is 5.10 Å². The molecule has 0 aliphatic carbocycles. The van der Waals surface area contributed by atoms with Gasteiger partial charge in [0.15, 0.2) is 0 Å². The summed E-state index contributed by atoms with van der Waals surface area (Å²) in [7, 11) is 0. The van der Waals surface area contributed by atoms with E-state index in [2.05, 4.69) is 5.10 Å². The average molecular weight is 111 g/mol. The molecule has 0 aromatic carbocycles. The third kappa shape index (κ3) is 0.869. The zero-order valence-electron chi connectivity index (χ0n) is 4.83. The molecule has 1 aromatic heterocycles. The molecule has 0 fully saturated rings. The molecule has 0 amide bonds. The van der Waals surface area contributed by atoms with Crippen molar-refractivity contribution in [2.45, 2.75) is 13.6 Å². The van der Waals surface area contributed by atoms with Crippen molar-refractivity contribution in [3.05, 3.63) is 18.0 Å². The van der Waals surface area contributed by atoms with Crippen LogP contribution in [0.25, 0.3) is 0 Å². The highest BCUT2D eigenvalue weighted by atomic mass is 15.3. The molecular weight excluding hydrogens is 102 g/mol. The summed E-state index contributed by atoms with van der Waals surface area (Å²) >= 11 is 0. The van der Waals surface area contributed by atoms with Crippen LogP contribution in [0.3, 0.4) is 0 Å². The molecule has 0 saturated heterocycles. The minimum atomic E-state index is 0.466. The first-order valence-corrected chi connectivity index (χ1v) is 2.53. The van der Waals surface area contributed by atoms with Crippen LogP contribution in [0.15, 0.2) is 12.3 Å². The van der Waals surface area contributed by atoms with E-state index in [1.807, 2.05) is 19.2 Å². The fraction of sp³-hybridized carbons (Fsp3) is 0.400. The molecule has 0 saturated carbocycles. The number of hydrogen-bond acceptors (Lipinski definition) is 2. The lowest BCUT2D eigenvalue weighted by molar-refractivity contribution is 0.632. The van der Waals surface area contributed by atoms with Gasteiger partial charge in [-0.15, -0.1) is 0 Å². The van der Waals surface area contributed by atoms with Gasteiger partial charge in [-0.05, 0) is 13.0 Å². The highest BCUT2D eigenvalue weighted by Crippen LogP contribution is 1.88. The van der Waals surface area contributed by atoms with E-state index in [9.17, 15) is 0 Å². The maximum atomic E-state index is 5.26. The summed E-state index contributed by atoms with van der Waals surface area (Å²) in [5.41, 5.74) is 6.27. The third-order valence-electron chi connectivity index (χ3n) is 0.961. The summed E-state index contributed by atoms with van der Waals surface area (Å²) in [6, 6.07) is 1.92. The van der Waals surface area contributed by atoms with Crippen molar-refractivity contribution in [3.63, 3.8) is 0 Å². The Morgan fingerprint density at radius 1 is 1.88 bits per heavy atom. The van der Waals surface area contributed by atoms with Crippen LogP contribution < -0.4 is 5.73 Å². The maximum Gasteiger partial charge on any atom is 0.0878 e. The second kappa shape index (κ2) is 1.96. The Morgan fingerprint density at radius 2 is 2.62 bits per heavy atom. The van der Waals surface area contributed by atoms with Crippen LogP contribution in [0.4, 0.5) is 0 Å².